The predicted molar refractivity (Wildman–Crippen MR) is 78.8 cm³/mol. The standard InChI is InChI=1S/C14H23BN2O4/c1-13(2)14(3,4)21-15(20-13)11-8-16-12(17(11)5)19-10-6-7-18-9-10/h8,10H,6-7,9H2,1-5H3. The van der Waals surface area contributed by atoms with E-state index in [2.05, 4.69) is 4.98 Å². The highest BCUT2D eigenvalue weighted by Gasteiger charge is 2.52. The molecule has 3 heterocycles. The van der Waals surface area contributed by atoms with Gasteiger partial charge < -0.3 is 23.3 Å². The van der Waals surface area contributed by atoms with E-state index in [4.69, 9.17) is 18.8 Å². The highest BCUT2D eigenvalue weighted by Crippen LogP contribution is 2.36. The second-order valence-electron chi connectivity index (χ2n) is 6.72. The third kappa shape index (κ3) is 2.58. The Kier molecular flexibility index (Phi) is 3.54. The molecule has 1 aromatic heterocycles. The Labute approximate surface area is 125 Å². The fourth-order valence-corrected chi connectivity index (χ4v) is 2.45. The fraction of sp³-hybridized carbons (Fsp3) is 0.786. The number of imidazole rings is 1. The van der Waals surface area contributed by atoms with Crippen LogP contribution >= 0.6 is 0 Å². The van der Waals surface area contributed by atoms with E-state index in [0.29, 0.717) is 12.6 Å². The van der Waals surface area contributed by atoms with Gasteiger partial charge in [0.1, 0.15) is 6.10 Å². The summed E-state index contributed by atoms with van der Waals surface area (Å²) >= 11 is 0. The van der Waals surface area contributed by atoms with Crippen LogP contribution in [0.5, 0.6) is 6.01 Å². The van der Waals surface area contributed by atoms with Gasteiger partial charge in [-0.15, -0.1) is 0 Å². The molecular formula is C14H23BN2O4. The molecule has 116 valence electrons. The molecule has 0 radical (unpaired) electrons. The van der Waals surface area contributed by atoms with E-state index >= 15 is 0 Å². The average Bonchev–Trinajstić information content (AvgIpc) is 3.03. The van der Waals surface area contributed by atoms with Gasteiger partial charge in [0.05, 0.1) is 30.0 Å². The van der Waals surface area contributed by atoms with E-state index in [-0.39, 0.29) is 17.3 Å². The summed E-state index contributed by atoms with van der Waals surface area (Å²) in [6.07, 6.45) is 2.74. The number of rotatable bonds is 3. The smallest absolute Gasteiger partial charge is 0.459 e. The van der Waals surface area contributed by atoms with E-state index in [1.165, 1.54) is 0 Å². The van der Waals surface area contributed by atoms with Crippen molar-refractivity contribution in [2.45, 2.75) is 51.4 Å². The molecule has 2 aliphatic heterocycles. The van der Waals surface area contributed by atoms with Crippen LogP contribution in [0, 0.1) is 0 Å². The number of hydrogen-bond donors (Lipinski definition) is 0. The molecule has 1 unspecified atom stereocenters. The monoisotopic (exact) mass is 294 g/mol. The van der Waals surface area contributed by atoms with Crippen LogP contribution in [0.15, 0.2) is 6.20 Å². The van der Waals surface area contributed by atoms with Gasteiger partial charge in [-0.2, -0.15) is 0 Å². The van der Waals surface area contributed by atoms with Crippen LogP contribution < -0.4 is 10.3 Å². The first-order valence-electron chi connectivity index (χ1n) is 7.42. The van der Waals surface area contributed by atoms with Gasteiger partial charge in [0.25, 0.3) is 6.01 Å². The second kappa shape index (κ2) is 5.00. The van der Waals surface area contributed by atoms with Crippen LogP contribution in [0.3, 0.4) is 0 Å². The van der Waals surface area contributed by atoms with E-state index in [0.717, 1.165) is 18.6 Å². The fourth-order valence-electron chi connectivity index (χ4n) is 2.45. The van der Waals surface area contributed by atoms with Crippen molar-refractivity contribution in [1.82, 2.24) is 9.55 Å². The minimum Gasteiger partial charge on any atom is -0.459 e. The molecule has 3 rings (SSSR count). The van der Waals surface area contributed by atoms with Crippen molar-refractivity contribution < 1.29 is 18.8 Å². The van der Waals surface area contributed by atoms with Gasteiger partial charge in [0, 0.05) is 19.7 Å². The lowest BCUT2D eigenvalue weighted by Crippen LogP contribution is -2.41. The quantitative estimate of drug-likeness (QED) is 0.775. The summed E-state index contributed by atoms with van der Waals surface area (Å²) in [6, 6.07) is 0.579. The van der Waals surface area contributed by atoms with E-state index in [1.807, 2.05) is 39.3 Å². The molecular weight excluding hydrogens is 271 g/mol. The van der Waals surface area contributed by atoms with Crippen LogP contribution in [0.2, 0.25) is 0 Å². The summed E-state index contributed by atoms with van der Waals surface area (Å²) in [6.45, 7) is 9.53. The van der Waals surface area contributed by atoms with Gasteiger partial charge >= 0.3 is 7.12 Å². The van der Waals surface area contributed by atoms with Crippen molar-refractivity contribution in [3.8, 4) is 6.01 Å². The second-order valence-corrected chi connectivity index (χ2v) is 6.72. The number of nitrogens with zero attached hydrogens (tertiary/aromatic N) is 2. The van der Waals surface area contributed by atoms with E-state index < -0.39 is 7.12 Å². The molecule has 7 heteroatoms. The molecule has 0 spiro atoms. The van der Waals surface area contributed by atoms with Crippen molar-refractivity contribution in [3.63, 3.8) is 0 Å². The summed E-state index contributed by atoms with van der Waals surface area (Å²) in [5.74, 6) is 0. The van der Waals surface area contributed by atoms with Gasteiger partial charge in [0.15, 0.2) is 0 Å². The zero-order chi connectivity index (χ0) is 15.3. The third-order valence-electron chi connectivity index (χ3n) is 4.64. The molecule has 21 heavy (non-hydrogen) atoms. The molecule has 0 N–H and O–H groups in total. The lowest BCUT2D eigenvalue weighted by atomic mass is 9.85. The van der Waals surface area contributed by atoms with Gasteiger partial charge in [-0.25, -0.2) is 4.98 Å². The average molecular weight is 294 g/mol. The summed E-state index contributed by atoms with van der Waals surface area (Å²) in [5, 5.41) is 0. The Balaban J connectivity index is 1.76. The zero-order valence-electron chi connectivity index (χ0n) is 13.4. The predicted octanol–water partition coefficient (Wildman–Crippen LogP) is 0.887. The molecule has 1 atom stereocenters. The molecule has 0 aliphatic carbocycles. The molecule has 0 aromatic carbocycles. The number of ether oxygens (including phenoxy) is 2. The normalized spacial score (nSPS) is 27.3. The highest BCUT2D eigenvalue weighted by atomic mass is 16.7. The van der Waals surface area contributed by atoms with Gasteiger partial charge in [-0.1, -0.05) is 0 Å². The molecule has 0 saturated carbocycles. The van der Waals surface area contributed by atoms with Crippen LogP contribution in [-0.2, 0) is 21.1 Å². The highest BCUT2D eigenvalue weighted by molar-refractivity contribution is 6.61. The Morgan fingerprint density at radius 1 is 1.29 bits per heavy atom. The Hall–Kier alpha value is -1.05. The van der Waals surface area contributed by atoms with Crippen molar-refractivity contribution in [2.75, 3.05) is 13.2 Å². The van der Waals surface area contributed by atoms with Crippen LogP contribution in [-0.4, -0.2) is 47.2 Å². The van der Waals surface area contributed by atoms with Crippen LogP contribution in [0.1, 0.15) is 34.1 Å². The summed E-state index contributed by atoms with van der Waals surface area (Å²) < 4.78 is 25.2. The van der Waals surface area contributed by atoms with Gasteiger partial charge in [-0.3, -0.25) is 0 Å². The molecule has 1 aromatic rings. The maximum Gasteiger partial charge on any atom is 0.514 e. The molecule has 6 nitrogen and oxygen atoms in total. The van der Waals surface area contributed by atoms with Crippen molar-refractivity contribution >= 4 is 12.7 Å². The molecule has 2 aliphatic rings. The number of hydrogen-bond acceptors (Lipinski definition) is 5. The topological polar surface area (TPSA) is 54.7 Å². The Morgan fingerprint density at radius 3 is 2.52 bits per heavy atom. The van der Waals surface area contributed by atoms with E-state index in [9.17, 15) is 0 Å². The Morgan fingerprint density at radius 2 is 1.95 bits per heavy atom. The van der Waals surface area contributed by atoms with Crippen LogP contribution in [0.25, 0.3) is 0 Å². The summed E-state index contributed by atoms with van der Waals surface area (Å²) in [5.41, 5.74) is 0.146. The van der Waals surface area contributed by atoms with Gasteiger partial charge in [0.2, 0.25) is 0 Å². The van der Waals surface area contributed by atoms with Gasteiger partial charge in [-0.05, 0) is 27.7 Å². The maximum absolute atomic E-state index is 6.05. The third-order valence-corrected chi connectivity index (χ3v) is 4.64. The van der Waals surface area contributed by atoms with Crippen molar-refractivity contribution in [3.05, 3.63) is 6.20 Å². The molecule has 2 fully saturated rings. The SMILES string of the molecule is Cn1c(B2OC(C)(C)C(C)(C)O2)cnc1OC1CCOC1. The first-order valence-corrected chi connectivity index (χ1v) is 7.42. The summed E-state index contributed by atoms with van der Waals surface area (Å²) in [4.78, 5) is 4.34. The lowest BCUT2D eigenvalue weighted by molar-refractivity contribution is 0.00578. The number of aromatic nitrogens is 2. The molecule has 0 bridgehead atoms. The lowest BCUT2D eigenvalue weighted by Gasteiger charge is -2.32. The largest absolute Gasteiger partial charge is 0.514 e. The minimum atomic E-state index is -0.426. The van der Waals surface area contributed by atoms with Crippen LogP contribution in [0.4, 0.5) is 0 Å². The van der Waals surface area contributed by atoms with Crippen molar-refractivity contribution in [1.29, 1.82) is 0 Å². The zero-order valence-corrected chi connectivity index (χ0v) is 13.4. The molecule has 2 saturated heterocycles. The summed E-state index contributed by atoms with van der Waals surface area (Å²) in [7, 11) is 1.49. The first kappa shape index (κ1) is 14.9. The van der Waals surface area contributed by atoms with E-state index in [1.54, 1.807) is 6.20 Å². The molecule has 0 amide bonds. The van der Waals surface area contributed by atoms with Crippen molar-refractivity contribution in [2.24, 2.45) is 7.05 Å². The Bertz CT molecular complexity index is 507. The first-order chi connectivity index (χ1) is 9.80. The maximum atomic E-state index is 6.05. The minimum absolute atomic E-state index is 0.0808.